The molecule has 4 aromatic heterocycles. The highest BCUT2D eigenvalue weighted by molar-refractivity contribution is 6.00. The van der Waals surface area contributed by atoms with Crippen LogP contribution in [0.2, 0.25) is 0 Å². The molecule has 0 saturated carbocycles. The standard InChI is InChI=1S/C24H23FN8O3/c1-24(2,35)21(25)13-28-22(34)17-12-27-19(7-18(17)32-15-10-29-23(36-3)30-11-15)20-5-4-16-6-14(8-26)9-31-33(16)20/h4-7,9-12,21,35H,13H2,1-3H3,(H,27,32)(H,28,34). The summed E-state index contributed by atoms with van der Waals surface area (Å²) in [4.78, 5) is 25.5. The summed E-state index contributed by atoms with van der Waals surface area (Å²) in [5.74, 6) is -0.588. The van der Waals surface area contributed by atoms with Crippen molar-refractivity contribution in [1.82, 2.24) is 29.9 Å². The molecular formula is C24H23FN8O3. The number of rotatable bonds is 8. The SMILES string of the molecule is COc1ncc(Nc2cc(-c3ccc4cc(C#N)cnn34)ncc2C(=O)NCC(F)C(C)(C)O)cn1. The number of aliphatic hydroxyl groups is 1. The molecule has 0 bridgehead atoms. The third-order valence-electron chi connectivity index (χ3n) is 5.34. The highest BCUT2D eigenvalue weighted by Crippen LogP contribution is 2.27. The molecule has 0 fully saturated rings. The molecular weight excluding hydrogens is 467 g/mol. The van der Waals surface area contributed by atoms with Gasteiger partial charge in [-0.25, -0.2) is 18.9 Å². The van der Waals surface area contributed by atoms with E-state index in [-0.39, 0.29) is 18.1 Å². The van der Waals surface area contributed by atoms with Crippen molar-refractivity contribution in [3.63, 3.8) is 0 Å². The van der Waals surface area contributed by atoms with E-state index in [1.165, 1.54) is 45.7 Å². The fourth-order valence-electron chi connectivity index (χ4n) is 3.30. The van der Waals surface area contributed by atoms with Gasteiger partial charge in [-0.15, -0.1) is 0 Å². The van der Waals surface area contributed by atoms with Crippen LogP contribution in [0.1, 0.15) is 29.8 Å². The molecule has 4 rings (SSSR count). The summed E-state index contributed by atoms with van der Waals surface area (Å²) in [6.45, 7) is 2.27. The van der Waals surface area contributed by atoms with Crippen LogP contribution in [-0.2, 0) is 0 Å². The summed E-state index contributed by atoms with van der Waals surface area (Å²) in [5.41, 5.74) is 1.59. The maximum Gasteiger partial charge on any atom is 0.316 e. The van der Waals surface area contributed by atoms with E-state index in [0.29, 0.717) is 33.8 Å². The van der Waals surface area contributed by atoms with E-state index in [0.717, 1.165) is 0 Å². The van der Waals surface area contributed by atoms with E-state index in [4.69, 9.17) is 10.00 Å². The zero-order chi connectivity index (χ0) is 25.9. The van der Waals surface area contributed by atoms with Gasteiger partial charge in [0.2, 0.25) is 0 Å². The molecule has 1 unspecified atom stereocenters. The van der Waals surface area contributed by atoms with E-state index in [1.54, 1.807) is 28.8 Å². The Bertz CT molecular complexity index is 1440. The van der Waals surface area contributed by atoms with Crippen LogP contribution in [0, 0.1) is 11.3 Å². The van der Waals surface area contributed by atoms with E-state index < -0.39 is 17.7 Å². The number of hydrogen-bond acceptors (Lipinski definition) is 9. The van der Waals surface area contributed by atoms with Gasteiger partial charge < -0.3 is 20.5 Å². The largest absolute Gasteiger partial charge is 0.467 e. The predicted molar refractivity (Wildman–Crippen MR) is 129 cm³/mol. The minimum atomic E-state index is -1.67. The van der Waals surface area contributed by atoms with Gasteiger partial charge in [-0.2, -0.15) is 10.4 Å². The Morgan fingerprint density at radius 1 is 1.22 bits per heavy atom. The molecule has 4 aromatic rings. The highest BCUT2D eigenvalue weighted by atomic mass is 19.1. The summed E-state index contributed by atoms with van der Waals surface area (Å²) in [6, 6.07) is 9.16. The van der Waals surface area contributed by atoms with Crippen LogP contribution in [0.3, 0.4) is 0 Å². The van der Waals surface area contributed by atoms with Crippen LogP contribution in [0.4, 0.5) is 15.8 Å². The van der Waals surface area contributed by atoms with Crippen molar-refractivity contribution < 1.29 is 19.0 Å². The number of amides is 1. The number of nitrogens with one attached hydrogen (secondary N) is 2. The minimum absolute atomic E-state index is 0.137. The third-order valence-corrected chi connectivity index (χ3v) is 5.34. The Hall–Kier alpha value is -4.63. The van der Waals surface area contributed by atoms with Crippen molar-refractivity contribution >= 4 is 22.8 Å². The number of hydrogen-bond donors (Lipinski definition) is 3. The molecule has 3 N–H and O–H groups in total. The lowest BCUT2D eigenvalue weighted by molar-refractivity contribution is -0.00177. The Kier molecular flexibility index (Phi) is 6.75. The predicted octanol–water partition coefficient (Wildman–Crippen LogP) is 2.65. The number of ether oxygens (including phenoxy) is 1. The molecule has 1 amide bonds. The molecule has 0 aliphatic heterocycles. The molecule has 12 heteroatoms. The van der Waals surface area contributed by atoms with Gasteiger partial charge in [-0.3, -0.25) is 9.78 Å². The normalized spacial score (nSPS) is 12.1. The highest BCUT2D eigenvalue weighted by Gasteiger charge is 2.27. The lowest BCUT2D eigenvalue weighted by Gasteiger charge is -2.22. The van der Waals surface area contributed by atoms with Crippen LogP contribution in [0.15, 0.2) is 49.1 Å². The van der Waals surface area contributed by atoms with Crippen molar-refractivity contribution in [2.75, 3.05) is 19.0 Å². The number of anilines is 2. The smallest absolute Gasteiger partial charge is 0.316 e. The van der Waals surface area contributed by atoms with Gasteiger partial charge in [0.15, 0.2) is 0 Å². The number of carbonyl (C=O) groups is 1. The van der Waals surface area contributed by atoms with Crippen LogP contribution < -0.4 is 15.4 Å². The van der Waals surface area contributed by atoms with Gasteiger partial charge >= 0.3 is 6.01 Å². The number of alkyl halides is 1. The molecule has 0 spiro atoms. The maximum absolute atomic E-state index is 14.2. The zero-order valence-corrected chi connectivity index (χ0v) is 19.7. The number of nitrogens with zero attached hydrogens (tertiary/aromatic N) is 6. The number of methoxy groups -OCH3 is 1. The second-order valence-electron chi connectivity index (χ2n) is 8.44. The van der Waals surface area contributed by atoms with E-state index in [2.05, 4.69) is 36.8 Å². The summed E-state index contributed by atoms with van der Waals surface area (Å²) in [7, 11) is 1.45. The second kappa shape index (κ2) is 9.93. The molecule has 0 aromatic carbocycles. The van der Waals surface area contributed by atoms with Gasteiger partial charge in [-0.05, 0) is 38.1 Å². The Morgan fingerprint density at radius 3 is 2.64 bits per heavy atom. The molecule has 0 aliphatic rings. The number of pyridine rings is 1. The van der Waals surface area contributed by atoms with Crippen LogP contribution >= 0.6 is 0 Å². The first kappa shape index (κ1) is 24.5. The minimum Gasteiger partial charge on any atom is -0.467 e. The van der Waals surface area contributed by atoms with Gasteiger partial charge in [0.25, 0.3) is 5.91 Å². The Morgan fingerprint density at radius 2 is 1.97 bits per heavy atom. The number of aromatic nitrogens is 5. The Labute approximate surface area is 205 Å². The van der Waals surface area contributed by atoms with Crippen LogP contribution in [0.25, 0.3) is 16.9 Å². The molecule has 0 aliphatic carbocycles. The molecule has 184 valence electrons. The summed E-state index contributed by atoms with van der Waals surface area (Å²) >= 11 is 0. The summed E-state index contributed by atoms with van der Waals surface area (Å²) in [5, 5.41) is 28.8. The Balaban J connectivity index is 1.70. The molecule has 1 atom stereocenters. The number of nitriles is 1. The topological polar surface area (TPSA) is 150 Å². The van der Waals surface area contributed by atoms with Gasteiger partial charge in [0.05, 0.1) is 77.3 Å². The third kappa shape index (κ3) is 5.21. The summed E-state index contributed by atoms with van der Waals surface area (Å²) < 4.78 is 20.8. The lowest BCUT2D eigenvalue weighted by Crippen LogP contribution is -2.42. The molecule has 36 heavy (non-hydrogen) atoms. The molecule has 11 nitrogen and oxygen atoms in total. The quantitative estimate of drug-likeness (QED) is 0.339. The fraction of sp³-hybridized carbons (Fsp3) is 0.250. The lowest BCUT2D eigenvalue weighted by atomic mass is 10.0. The van der Waals surface area contributed by atoms with Crippen molar-refractivity contribution in [1.29, 1.82) is 5.26 Å². The van der Waals surface area contributed by atoms with Gasteiger partial charge in [0, 0.05) is 6.20 Å². The molecule has 0 radical (unpaired) electrons. The van der Waals surface area contributed by atoms with Crippen molar-refractivity contribution in [3.05, 3.63) is 60.2 Å². The number of carbonyl (C=O) groups excluding carboxylic acids is 1. The van der Waals surface area contributed by atoms with Crippen molar-refractivity contribution in [3.8, 4) is 23.5 Å². The van der Waals surface area contributed by atoms with Gasteiger partial charge in [-0.1, -0.05) is 0 Å². The van der Waals surface area contributed by atoms with E-state index in [1.807, 2.05) is 0 Å². The zero-order valence-electron chi connectivity index (χ0n) is 19.7. The average Bonchev–Trinajstić information content (AvgIpc) is 3.30. The molecule has 0 saturated heterocycles. The average molecular weight is 490 g/mol. The number of halogens is 1. The first-order valence-electron chi connectivity index (χ1n) is 10.9. The van der Waals surface area contributed by atoms with Gasteiger partial charge in [0.1, 0.15) is 12.2 Å². The van der Waals surface area contributed by atoms with Crippen molar-refractivity contribution in [2.24, 2.45) is 0 Å². The second-order valence-corrected chi connectivity index (χ2v) is 8.44. The fourth-order valence-corrected chi connectivity index (χ4v) is 3.30. The molecule has 4 heterocycles. The first-order valence-corrected chi connectivity index (χ1v) is 10.9. The van der Waals surface area contributed by atoms with Crippen LogP contribution in [0.5, 0.6) is 6.01 Å². The maximum atomic E-state index is 14.2. The van der Waals surface area contributed by atoms with Crippen molar-refractivity contribution in [2.45, 2.75) is 25.6 Å². The van der Waals surface area contributed by atoms with Crippen LogP contribution in [-0.4, -0.2) is 61.0 Å². The summed E-state index contributed by atoms with van der Waals surface area (Å²) in [6.07, 6.45) is 4.10. The number of fused-ring (bicyclic) bond motifs is 1. The van der Waals surface area contributed by atoms with E-state index >= 15 is 0 Å². The monoisotopic (exact) mass is 490 g/mol. The first-order chi connectivity index (χ1) is 17.2. The van der Waals surface area contributed by atoms with E-state index in [9.17, 15) is 14.3 Å².